The summed E-state index contributed by atoms with van der Waals surface area (Å²) in [4.78, 5) is 11.6. The topological polar surface area (TPSA) is 48.0 Å². The van der Waals surface area contributed by atoms with E-state index in [0.29, 0.717) is 11.7 Å². The summed E-state index contributed by atoms with van der Waals surface area (Å²) in [5, 5.41) is 0.763. The van der Waals surface area contributed by atoms with Crippen molar-refractivity contribution in [3.63, 3.8) is 0 Å². The summed E-state index contributed by atoms with van der Waals surface area (Å²) in [6.45, 7) is 0. The number of benzene rings is 1. The fourth-order valence-corrected chi connectivity index (χ4v) is 1.96. The first-order valence-electron chi connectivity index (χ1n) is 5.16. The second kappa shape index (κ2) is 2.86. The third-order valence-corrected chi connectivity index (χ3v) is 2.89. The van der Waals surface area contributed by atoms with Crippen molar-refractivity contribution in [1.82, 2.24) is 4.57 Å². The Balaban J connectivity index is 2.41. The van der Waals surface area contributed by atoms with Crippen LogP contribution in [0.3, 0.4) is 0 Å². The van der Waals surface area contributed by atoms with Gasteiger partial charge in [0.2, 0.25) is 0 Å². The van der Waals surface area contributed by atoms with E-state index in [-0.39, 0.29) is 5.43 Å². The Kier molecular flexibility index (Phi) is 1.63. The maximum atomic E-state index is 11.6. The molecule has 2 aromatic rings. The molecular weight excluding hydrogens is 188 g/mol. The molecule has 0 aliphatic heterocycles. The molecule has 0 bridgehead atoms. The summed E-state index contributed by atoms with van der Waals surface area (Å²) in [5.74, 6) is 0. The number of rotatable bonds is 1. The molecule has 1 aliphatic carbocycles. The van der Waals surface area contributed by atoms with Gasteiger partial charge in [0.25, 0.3) is 0 Å². The van der Waals surface area contributed by atoms with Crippen molar-refractivity contribution in [3.8, 4) is 0 Å². The molecule has 3 nitrogen and oxygen atoms in total. The van der Waals surface area contributed by atoms with E-state index >= 15 is 0 Å². The van der Waals surface area contributed by atoms with Crippen LogP contribution in [0.1, 0.15) is 18.9 Å². The van der Waals surface area contributed by atoms with Crippen molar-refractivity contribution in [2.45, 2.75) is 18.9 Å². The first-order valence-corrected chi connectivity index (χ1v) is 5.16. The Labute approximate surface area is 87.1 Å². The average Bonchev–Trinajstić information content (AvgIpc) is 3.02. The number of pyridine rings is 1. The molecule has 1 aromatic carbocycles. The van der Waals surface area contributed by atoms with Crippen LogP contribution in [0.25, 0.3) is 10.9 Å². The first kappa shape index (κ1) is 8.53. The molecule has 2 N–H and O–H groups in total. The molecule has 15 heavy (non-hydrogen) atoms. The fraction of sp³-hybridized carbons (Fsp3) is 0.250. The van der Waals surface area contributed by atoms with Crippen LogP contribution in [0.5, 0.6) is 0 Å². The van der Waals surface area contributed by atoms with Crippen LogP contribution in [0.15, 0.2) is 35.3 Å². The number of aromatic nitrogens is 1. The molecule has 0 spiro atoms. The third kappa shape index (κ3) is 1.31. The van der Waals surface area contributed by atoms with Crippen molar-refractivity contribution < 1.29 is 0 Å². The second-order valence-corrected chi connectivity index (χ2v) is 4.10. The van der Waals surface area contributed by atoms with Gasteiger partial charge < -0.3 is 10.3 Å². The van der Waals surface area contributed by atoms with Crippen LogP contribution in [-0.2, 0) is 0 Å². The van der Waals surface area contributed by atoms with Crippen molar-refractivity contribution >= 4 is 16.6 Å². The SMILES string of the molecule is Nc1ccc2c(=O)ccn(C3CC3)c2c1. The normalized spacial score (nSPS) is 15.7. The van der Waals surface area contributed by atoms with Crippen LogP contribution in [0, 0.1) is 0 Å². The van der Waals surface area contributed by atoms with Gasteiger partial charge in [-0.1, -0.05) is 0 Å². The molecule has 0 atom stereocenters. The van der Waals surface area contributed by atoms with Crippen LogP contribution in [0.2, 0.25) is 0 Å². The fourth-order valence-electron chi connectivity index (χ4n) is 1.96. The number of nitrogens with zero attached hydrogens (tertiary/aromatic N) is 1. The quantitative estimate of drug-likeness (QED) is 0.715. The largest absolute Gasteiger partial charge is 0.399 e. The molecule has 1 aromatic heterocycles. The standard InChI is InChI=1S/C12H12N2O/c13-8-1-4-10-11(7-8)14(9-2-3-9)6-5-12(10)15/h1,4-7,9H,2-3,13H2. The highest BCUT2D eigenvalue weighted by Gasteiger charge is 2.24. The van der Waals surface area contributed by atoms with E-state index in [1.165, 1.54) is 12.8 Å². The zero-order valence-corrected chi connectivity index (χ0v) is 8.31. The van der Waals surface area contributed by atoms with E-state index in [9.17, 15) is 4.79 Å². The van der Waals surface area contributed by atoms with Gasteiger partial charge in [0.15, 0.2) is 5.43 Å². The summed E-state index contributed by atoms with van der Waals surface area (Å²) >= 11 is 0. The highest BCUT2D eigenvalue weighted by Crippen LogP contribution is 2.36. The van der Waals surface area contributed by atoms with Gasteiger partial charge in [0, 0.05) is 29.4 Å². The third-order valence-electron chi connectivity index (χ3n) is 2.89. The van der Waals surface area contributed by atoms with E-state index < -0.39 is 0 Å². The number of hydrogen-bond donors (Lipinski definition) is 1. The lowest BCUT2D eigenvalue weighted by molar-refractivity contribution is 0.767. The van der Waals surface area contributed by atoms with Gasteiger partial charge in [-0.05, 0) is 31.0 Å². The molecule has 1 fully saturated rings. The number of hydrogen-bond acceptors (Lipinski definition) is 2. The van der Waals surface area contributed by atoms with E-state index in [1.807, 2.05) is 18.3 Å². The Bertz CT molecular complexity index is 582. The average molecular weight is 200 g/mol. The van der Waals surface area contributed by atoms with Gasteiger partial charge >= 0.3 is 0 Å². The van der Waals surface area contributed by atoms with Gasteiger partial charge in [-0.15, -0.1) is 0 Å². The van der Waals surface area contributed by atoms with Gasteiger partial charge in [-0.2, -0.15) is 0 Å². The van der Waals surface area contributed by atoms with E-state index in [1.54, 1.807) is 12.1 Å². The van der Waals surface area contributed by atoms with E-state index in [2.05, 4.69) is 4.57 Å². The van der Waals surface area contributed by atoms with Crippen molar-refractivity contribution in [1.29, 1.82) is 0 Å². The predicted molar refractivity (Wildman–Crippen MR) is 60.9 cm³/mol. The zero-order valence-electron chi connectivity index (χ0n) is 8.31. The smallest absolute Gasteiger partial charge is 0.189 e. The maximum Gasteiger partial charge on any atom is 0.189 e. The minimum Gasteiger partial charge on any atom is -0.399 e. The number of fused-ring (bicyclic) bond motifs is 1. The first-order chi connectivity index (χ1) is 7.25. The molecule has 76 valence electrons. The van der Waals surface area contributed by atoms with Crippen molar-refractivity contribution in [2.75, 3.05) is 5.73 Å². The Morgan fingerprint density at radius 2 is 2.07 bits per heavy atom. The predicted octanol–water partition coefficient (Wildman–Crippen LogP) is 1.92. The molecule has 0 amide bonds. The van der Waals surface area contributed by atoms with Crippen LogP contribution in [-0.4, -0.2) is 4.57 Å². The minimum atomic E-state index is 0.0712. The van der Waals surface area contributed by atoms with Gasteiger partial charge in [0.1, 0.15) is 0 Å². The Morgan fingerprint density at radius 1 is 1.27 bits per heavy atom. The minimum absolute atomic E-state index is 0.0712. The summed E-state index contributed by atoms with van der Waals surface area (Å²) in [6.07, 6.45) is 4.28. The number of anilines is 1. The lowest BCUT2D eigenvalue weighted by Crippen LogP contribution is -2.07. The van der Waals surface area contributed by atoms with Crippen molar-refractivity contribution in [2.24, 2.45) is 0 Å². The molecule has 3 heteroatoms. The van der Waals surface area contributed by atoms with Crippen LogP contribution in [0.4, 0.5) is 5.69 Å². The summed E-state index contributed by atoms with van der Waals surface area (Å²) in [7, 11) is 0. The Hall–Kier alpha value is -1.77. The van der Waals surface area contributed by atoms with E-state index in [0.717, 1.165) is 10.9 Å². The van der Waals surface area contributed by atoms with Crippen LogP contribution < -0.4 is 11.2 Å². The summed E-state index contributed by atoms with van der Waals surface area (Å²) < 4.78 is 2.16. The molecule has 1 heterocycles. The second-order valence-electron chi connectivity index (χ2n) is 4.10. The van der Waals surface area contributed by atoms with Gasteiger partial charge in [-0.3, -0.25) is 4.79 Å². The maximum absolute atomic E-state index is 11.6. The molecule has 0 radical (unpaired) electrons. The molecule has 1 saturated carbocycles. The number of nitrogen functional groups attached to an aromatic ring is 1. The zero-order chi connectivity index (χ0) is 10.4. The molecular formula is C12H12N2O. The molecule has 0 saturated heterocycles. The lowest BCUT2D eigenvalue weighted by Gasteiger charge is -2.09. The highest BCUT2D eigenvalue weighted by molar-refractivity contribution is 5.82. The molecule has 1 aliphatic rings. The highest BCUT2D eigenvalue weighted by atomic mass is 16.1. The summed E-state index contributed by atoms with van der Waals surface area (Å²) in [5.41, 5.74) is 7.49. The van der Waals surface area contributed by atoms with Gasteiger partial charge in [-0.25, -0.2) is 0 Å². The summed E-state index contributed by atoms with van der Waals surface area (Å²) in [6, 6.07) is 7.67. The van der Waals surface area contributed by atoms with Crippen molar-refractivity contribution in [3.05, 3.63) is 40.7 Å². The lowest BCUT2D eigenvalue weighted by atomic mass is 10.2. The Morgan fingerprint density at radius 3 is 2.80 bits per heavy atom. The molecule has 3 rings (SSSR count). The number of nitrogens with two attached hydrogens (primary N) is 1. The molecule has 0 unspecified atom stereocenters. The monoisotopic (exact) mass is 200 g/mol. The van der Waals surface area contributed by atoms with Crippen LogP contribution >= 0.6 is 0 Å². The van der Waals surface area contributed by atoms with Gasteiger partial charge in [0.05, 0.1) is 5.52 Å². The van der Waals surface area contributed by atoms with E-state index in [4.69, 9.17) is 5.73 Å².